The standard InChI is InChI=1S/C14H17FN2O2/c1-17-9-16-8-13(17)4-3-11-5-12(15)7-14(6-11)19-10-18-2/h5-9H,3-4,10H2,1-2H3. The molecule has 0 bridgehead atoms. The molecular weight excluding hydrogens is 247 g/mol. The molecule has 0 aliphatic rings. The molecule has 5 heteroatoms. The van der Waals surface area contributed by atoms with Crippen LogP contribution in [0.1, 0.15) is 11.3 Å². The number of hydrogen-bond donors (Lipinski definition) is 0. The van der Waals surface area contributed by atoms with Crippen LogP contribution in [0.2, 0.25) is 0 Å². The molecule has 1 aromatic carbocycles. The molecule has 0 aliphatic carbocycles. The van der Waals surface area contributed by atoms with Crippen LogP contribution in [0.5, 0.6) is 5.75 Å². The van der Waals surface area contributed by atoms with Crippen molar-refractivity contribution in [1.82, 2.24) is 9.55 Å². The highest BCUT2D eigenvalue weighted by Crippen LogP contribution is 2.18. The Bertz CT molecular complexity index is 540. The van der Waals surface area contributed by atoms with Gasteiger partial charge < -0.3 is 14.0 Å². The van der Waals surface area contributed by atoms with Gasteiger partial charge in [0.15, 0.2) is 6.79 Å². The number of aromatic nitrogens is 2. The fourth-order valence-corrected chi connectivity index (χ4v) is 1.87. The van der Waals surface area contributed by atoms with Crippen LogP contribution in [0.25, 0.3) is 0 Å². The van der Waals surface area contributed by atoms with Gasteiger partial charge in [-0.3, -0.25) is 0 Å². The summed E-state index contributed by atoms with van der Waals surface area (Å²) in [5.41, 5.74) is 2.01. The summed E-state index contributed by atoms with van der Waals surface area (Å²) in [6.07, 6.45) is 5.12. The molecule has 0 unspecified atom stereocenters. The van der Waals surface area contributed by atoms with Crippen molar-refractivity contribution in [2.45, 2.75) is 12.8 Å². The highest BCUT2D eigenvalue weighted by molar-refractivity contribution is 5.30. The second-order valence-electron chi connectivity index (χ2n) is 4.34. The van der Waals surface area contributed by atoms with Gasteiger partial charge in [0.05, 0.1) is 6.33 Å². The summed E-state index contributed by atoms with van der Waals surface area (Å²) in [5.74, 6) is 0.190. The van der Waals surface area contributed by atoms with E-state index in [-0.39, 0.29) is 12.6 Å². The summed E-state index contributed by atoms with van der Waals surface area (Å²) in [4.78, 5) is 4.06. The molecule has 0 atom stereocenters. The lowest BCUT2D eigenvalue weighted by molar-refractivity contribution is 0.0508. The summed E-state index contributed by atoms with van der Waals surface area (Å²) < 4.78 is 25.5. The van der Waals surface area contributed by atoms with Crippen LogP contribution >= 0.6 is 0 Å². The Labute approximate surface area is 111 Å². The third-order valence-corrected chi connectivity index (χ3v) is 2.86. The Morgan fingerprint density at radius 2 is 2.11 bits per heavy atom. The Morgan fingerprint density at radius 3 is 2.79 bits per heavy atom. The maximum atomic E-state index is 13.5. The predicted octanol–water partition coefficient (Wildman–Crippen LogP) is 2.33. The fraction of sp³-hybridized carbons (Fsp3) is 0.357. The second kappa shape index (κ2) is 6.33. The SMILES string of the molecule is COCOc1cc(F)cc(CCc2cncn2C)c1. The van der Waals surface area contributed by atoms with Gasteiger partial charge >= 0.3 is 0 Å². The molecule has 0 N–H and O–H groups in total. The normalized spacial score (nSPS) is 10.7. The molecule has 0 amide bonds. The first-order valence-electron chi connectivity index (χ1n) is 6.05. The Kier molecular flexibility index (Phi) is 4.52. The summed E-state index contributed by atoms with van der Waals surface area (Å²) in [6.45, 7) is 0.116. The molecule has 0 radical (unpaired) electrons. The van der Waals surface area contributed by atoms with Gasteiger partial charge in [-0.15, -0.1) is 0 Å². The van der Waals surface area contributed by atoms with Gasteiger partial charge in [0.2, 0.25) is 0 Å². The average Bonchev–Trinajstić information content (AvgIpc) is 2.79. The first-order valence-corrected chi connectivity index (χ1v) is 6.05. The summed E-state index contributed by atoms with van der Waals surface area (Å²) in [5, 5.41) is 0. The first-order chi connectivity index (χ1) is 9.19. The van der Waals surface area contributed by atoms with E-state index in [4.69, 9.17) is 9.47 Å². The van der Waals surface area contributed by atoms with Crippen molar-refractivity contribution < 1.29 is 13.9 Å². The van der Waals surface area contributed by atoms with Crippen molar-refractivity contribution in [1.29, 1.82) is 0 Å². The molecule has 102 valence electrons. The number of halogens is 1. The lowest BCUT2D eigenvalue weighted by Gasteiger charge is -2.08. The number of imidazole rings is 1. The summed E-state index contributed by atoms with van der Waals surface area (Å²) >= 11 is 0. The van der Waals surface area contributed by atoms with E-state index in [9.17, 15) is 4.39 Å². The highest BCUT2D eigenvalue weighted by atomic mass is 19.1. The van der Waals surface area contributed by atoms with E-state index in [1.165, 1.54) is 19.2 Å². The van der Waals surface area contributed by atoms with E-state index >= 15 is 0 Å². The molecule has 0 saturated carbocycles. The molecular formula is C14H17FN2O2. The smallest absolute Gasteiger partial charge is 0.188 e. The maximum Gasteiger partial charge on any atom is 0.188 e. The lowest BCUT2D eigenvalue weighted by atomic mass is 10.1. The predicted molar refractivity (Wildman–Crippen MR) is 69.5 cm³/mol. The van der Waals surface area contributed by atoms with Crippen LogP contribution in [0.4, 0.5) is 4.39 Å². The van der Waals surface area contributed by atoms with Gasteiger partial charge in [0.1, 0.15) is 11.6 Å². The summed E-state index contributed by atoms with van der Waals surface area (Å²) in [7, 11) is 3.48. The molecule has 0 fully saturated rings. The van der Waals surface area contributed by atoms with Crippen LogP contribution in [-0.2, 0) is 24.6 Å². The first kappa shape index (κ1) is 13.5. The number of hydrogen-bond acceptors (Lipinski definition) is 3. The number of benzene rings is 1. The Balaban J connectivity index is 2.03. The number of nitrogens with zero attached hydrogens (tertiary/aromatic N) is 2. The molecule has 0 aliphatic heterocycles. The van der Waals surface area contributed by atoms with Crippen LogP contribution in [0.3, 0.4) is 0 Å². The third kappa shape index (κ3) is 3.79. The quantitative estimate of drug-likeness (QED) is 0.751. The number of methoxy groups -OCH3 is 1. The molecule has 2 rings (SSSR count). The topological polar surface area (TPSA) is 36.3 Å². The number of ether oxygens (including phenoxy) is 2. The molecule has 0 saturated heterocycles. The summed E-state index contributed by atoms with van der Waals surface area (Å²) in [6, 6.07) is 4.71. The minimum atomic E-state index is -0.298. The van der Waals surface area contributed by atoms with E-state index in [0.717, 1.165) is 24.1 Å². The Morgan fingerprint density at radius 1 is 1.26 bits per heavy atom. The zero-order chi connectivity index (χ0) is 13.7. The van der Waals surface area contributed by atoms with Crippen LogP contribution in [0.15, 0.2) is 30.7 Å². The van der Waals surface area contributed by atoms with Gasteiger partial charge in [-0.2, -0.15) is 0 Å². The maximum absolute atomic E-state index is 13.5. The minimum absolute atomic E-state index is 0.116. The minimum Gasteiger partial charge on any atom is -0.467 e. The van der Waals surface area contributed by atoms with Gasteiger partial charge in [0.25, 0.3) is 0 Å². The van der Waals surface area contributed by atoms with E-state index in [1.54, 1.807) is 6.33 Å². The number of rotatable bonds is 6. The monoisotopic (exact) mass is 264 g/mol. The van der Waals surface area contributed by atoms with Crippen LogP contribution in [0, 0.1) is 5.82 Å². The number of aryl methyl sites for hydroxylation is 3. The molecule has 2 aromatic rings. The van der Waals surface area contributed by atoms with Crippen LogP contribution in [-0.4, -0.2) is 23.5 Å². The zero-order valence-corrected chi connectivity index (χ0v) is 11.1. The largest absolute Gasteiger partial charge is 0.467 e. The lowest BCUT2D eigenvalue weighted by Crippen LogP contribution is -2.01. The molecule has 19 heavy (non-hydrogen) atoms. The molecule has 4 nitrogen and oxygen atoms in total. The van der Waals surface area contributed by atoms with Crippen molar-refractivity contribution in [3.8, 4) is 5.75 Å². The van der Waals surface area contributed by atoms with Gasteiger partial charge in [0, 0.05) is 32.1 Å². The zero-order valence-electron chi connectivity index (χ0n) is 11.1. The van der Waals surface area contributed by atoms with E-state index in [0.29, 0.717) is 5.75 Å². The average molecular weight is 264 g/mol. The van der Waals surface area contributed by atoms with Crippen molar-refractivity contribution in [2.24, 2.45) is 7.05 Å². The van der Waals surface area contributed by atoms with Gasteiger partial charge in [-0.25, -0.2) is 9.37 Å². The highest BCUT2D eigenvalue weighted by Gasteiger charge is 2.04. The van der Waals surface area contributed by atoms with Gasteiger partial charge in [-0.05, 0) is 30.5 Å². The molecule has 0 spiro atoms. The van der Waals surface area contributed by atoms with Gasteiger partial charge in [-0.1, -0.05) is 0 Å². The Hall–Kier alpha value is -1.88. The molecule has 1 aromatic heterocycles. The third-order valence-electron chi connectivity index (χ3n) is 2.86. The van der Waals surface area contributed by atoms with E-state index in [1.807, 2.05) is 23.9 Å². The van der Waals surface area contributed by atoms with Crippen LogP contribution < -0.4 is 4.74 Å². The molecule has 1 heterocycles. The van der Waals surface area contributed by atoms with Crippen molar-refractivity contribution >= 4 is 0 Å². The van der Waals surface area contributed by atoms with E-state index in [2.05, 4.69) is 4.98 Å². The van der Waals surface area contributed by atoms with Crippen molar-refractivity contribution in [2.75, 3.05) is 13.9 Å². The second-order valence-corrected chi connectivity index (χ2v) is 4.34. The van der Waals surface area contributed by atoms with E-state index < -0.39 is 0 Å². The van der Waals surface area contributed by atoms with Crippen molar-refractivity contribution in [3.63, 3.8) is 0 Å². The van der Waals surface area contributed by atoms with Crippen molar-refractivity contribution in [3.05, 3.63) is 47.8 Å². The fourth-order valence-electron chi connectivity index (χ4n) is 1.87.